The molecule has 5 rings (SSSR count). The van der Waals surface area contributed by atoms with Crippen LogP contribution in [-0.4, -0.2) is 25.8 Å². The van der Waals surface area contributed by atoms with Gasteiger partial charge in [-0.3, -0.25) is 0 Å². The molecule has 0 bridgehead atoms. The minimum Gasteiger partial charge on any atom is -0.476 e. The number of carboxylic acids is 1. The molecule has 2 heterocycles. The molecular weight excluding hydrogens is 427 g/mol. The maximum absolute atomic E-state index is 14.0. The van der Waals surface area contributed by atoms with Crippen LogP contribution in [0.5, 0.6) is 0 Å². The fourth-order valence-electron chi connectivity index (χ4n) is 3.48. The van der Waals surface area contributed by atoms with E-state index >= 15 is 0 Å². The van der Waals surface area contributed by atoms with Crippen molar-refractivity contribution in [1.29, 1.82) is 0 Å². The van der Waals surface area contributed by atoms with Crippen molar-refractivity contribution < 1.29 is 14.3 Å². The van der Waals surface area contributed by atoms with Crippen LogP contribution in [-0.2, 0) is 6.54 Å². The second-order valence-electron chi connectivity index (χ2n) is 7.12. The monoisotopic (exact) mass is 444 g/mol. The smallest absolute Gasteiger partial charge is 0.355 e. The molecule has 0 amide bonds. The van der Waals surface area contributed by atoms with Gasteiger partial charge in [0.25, 0.3) is 0 Å². The summed E-state index contributed by atoms with van der Waals surface area (Å²) < 4.78 is 15.6. The number of carbonyl (C=O) groups is 1. The highest BCUT2D eigenvalue weighted by atomic mass is 32.1. The molecule has 0 radical (unpaired) electrons. The van der Waals surface area contributed by atoms with Crippen LogP contribution in [0, 0.1) is 5.82 Å². The van der Waals surface area contributed by atoms with Crippen LogP contribution in [0.1, 0.15) is 16.1 Å². The van der Waals surface area contributed by atoms with E-state index in [0.717, 1.165) is 27.8 Å². The van der Waals surface area contributed by atoms with E-state index in [1.54, 1.807) is 22.9 Å². The normalized spacial score (nSPS) is 11.0. The topological polar surface area (TPSA) is 80.0 Å². The molecule has 0 atom stereocenters. The van der Waals surface area contributed by atoms with E-state index in [2.05, 4.69) is 10.3 Å². The Labute approximate surface area is 186 Å². The molecule has 6 nitrogen and oxygen atoms in total. The Morgan fingerprint density at radius 3 is 2.59 bits per heavy atom. The van der Waals surface area contributed by atoms with E-state index in [-0.39, 0.29) is 11.5 Å². The van der Waals surface area contributed by atoms with Gasteiger partial charge in [0.15, 0.2) is 5.69 Å². The summed E-state index contributed by atoms with van der Waals surface area (Å²) in [7, 11) is 0. The van der Waals surface area contributed by atoms with Gasteiger partial charge in [0.1, 0.15) is 11.5 Å². The molecule has 0 saturated heterocycles. The lowest BCUT2D eigenvalue weighted by atomic mass is 10.1. The fraction of sp³-hybridized carbons (Fsp3) is 0.0417. The highest BCUT2D eigenvalue weighted by Crippen LogP contribution is 2.32. The number of hydrogen-bond donors (Lipinski definition) is 2. The molecule has 0 unspecified atom stereocenters. The van der Waals surface area contributed by atoms with Gasteiger partial charge in [0.2, 0.25) is 5.13 Å². The number of nitrogens with one attached hydrogen (secondary N) is 1. The second-order valence-corrected chi connectivity index (χ2v) is 7.96. The average Bonchev–Trinajstić information content (AvgIpc) is 3.44. The van der Waals surface area contributed by atoms with E-state index in [9.17, 15) is 14.3 Å². The molecular formula is C24H17FN4O2S. The highest BCUT2D eigenvalue weighted by Gasteiger charge is 2.18. The number of thiazole rings is 1. The zero-order valence-electron chi connectivity index (χ0n) is 16.7. The number of rotatable bonds is 6. The minimum absolute atomic E-state index is 0.0243. The van der Waals surface area contributed by atoms with Crippen molar-refractivity contribution in [1.82, 2.24) is 14.8 Å². The molecule has 0 fully saturated rings. The largest absolute Gasteiger partial charge is 0.476 e. The summed E-state index contributed by atoms with van der Waals surface area (Å²) in [4.78, 5) is 15.5. The molecule has 0 aliphatic rings. The van der Waals surface area contributed by atoms with Crippen LogP contribution in [0.2, 0.25) is 0 Å². The molecule has 3 aromatic carbocycles. The lowest BCUT2D eigenvalue weighted by Crippen LogP contribution is -2.02. The molecule has 158 valence electrons. The molecule has 32 heavy (non-hydrogen) atoms. The zero-order chi connectivity index (χ0) is 22.1. The summed E-state index contributed by atoms with van der Waals surface area (Å²) in [5, 5.41) is 20.1. The molecule has 2 N–H and O–H groups in total. The third kappa shape index (κ3) is 3.72. The highest BCUT2D eigenvalue weighted by molar-refractivity contribution is 7.12. The standard InChI is InChI=1S/C24H17FN4O2S/c25-19-9-5-4-8-16(19)13-26-17-10-11-18-21(12-17)29(24-27-20(14-32-24)23(30)31)28-22(18)15-6-2-1-3-7-15/h1-12,14,26H,13H2,(H,30,31). The number of halogens is 1. The summed E-state index contributed by atoms with van der Waals surface area (Å²) in [6.45, 7) is 0.332. The van der Waals surface area contributed by atoms with Crippen molar-refractivity contribution in [3.8, 4) is 16.4 Å². The van der Waals surface area contributed by atoms with Gasteiger partial charge in [-0.25, -0.2) is 18.9 Å². The third-order valence-corrected chi connectivity index (χ3v) is 5.88. The van der Waals surface area contributed by atoms with Gasteiger partial charge < -0.3 is 10.4 Å². The lowest BCUT2D eigenvalue weighted by Gasteiger charge is -2.08. The van der Waals surface area contributed by atoms with Crippen LogP contribution in [0.3, 0.4) is 0 Å². The SMILES string of the molecule is O=C(O)c1csc(-n2nc(-c3ccccc3)c3ccc(NCc4ccccc4F)cc32)n1. The predicted octanol–water partition coefficient (Wildman–Crippen LogP) is 5.60. The third-order valence-electron chi connectivity index (χ3n) is 5.06. The van der Waals surface area contributed by atoms with Crippen LogP contribution in [0.15, 0.2) is 78.2 Å². The molecule has 2 aromatic heterocycles. The minimum atomic E-state index is -1.08. The number of aromatic nitrogens is 3. The van der Waals surface area contributed by atoms with Crippen LogP contribution in [0.25, 0.3) is 27.3 Å². The Hall–Kier alpha value is -4.04. The van der Waals surface area contributed by atoms with Gasteiger partial charge in [-0.05, 0) is 24.3 Å². The Morgan fingerprint density at radius 1 is 1.06 bits per heavy atom. The van der Waals surface area contributed by atoms with Crippen molar-refractivity contribution in [2.75, 3.05) is 5.32 Å². The molecule has 0 saturated carbocycles. The second kappa shape index (κ2) is 8.24. The van der Waals surface area contributed by atoms with Crippen molar-refractivity contribution in [2.24, 2.45) is 0 Å². The number of fused-ring (bicyclic) bond motifs is 1. The molecule has 0 aliphatic carbocycles. The first-order chi connectivity index (χ1) is 15.6. The van der Waals surface area contributed by atoms with Gasteiger partial charge in [0.05, 0.1) is 5.52 Å². The van der Waals surface area contributed by atoms with Crippen molar-refractivity contribution >= 4 is 33.9 Å². The average molecular weight is 444 g/mol. The lowest BCUT2D eigenvalue weighted by molar-refractivity contribution is 0.0691. The molecule has 0 spiro atoms. The summed E-state index contributed by atoms with van der Waals surface area (Å²) in [5.41, 5.74) is 3.82. The van der Waals surface area contributed by atoms with Crippen molar-refractivity contribution in [2.45, 2.75) is 6.54 Å². The first-order valence-corrected chi connectivity index (χ1v) is 10.7. The van der Waals surface area contributed by atoms with Gasteiger partial charge in [-0.2, -0.15) is 5.10 Å². The van der Waals surface area contributed by atoms with Crippen LogP contribution in [0.4, 0.5) is 10.1 Å². The molecule has 0 aliphatic heterocycles. The maximum atomic E-state index is 14.0. The van der Waals surface area contributed by atoms with Gasteiger partial charge in [-0.1, -0.05) is 48.5 Å². The predicted molar refractivity (Wildman–Crippen MR) is 123 cm³/mol. The molecule has 8 heteroatoms. The Morgan fingerprint density at radius 2 is 1.84 bits per heavy atom. The maximum Gasteiger partial charge on any atom is 0.355 e. The first kappa shape index (κ1) is 19.9. The van der Waals surface area contributed by atoms with Gasteiger partial charge in [-0.15, -0.1) is 11.3 Å². The van der Waals surface area contributed by atoms with Gasteiger partial charge >= 0.3 is 5.97 Å². The van der Waals surface area contributed by atoms with E-state index in [0.29, 0.717) is 17.2 Å². The summed E-state index contributed by atoms with van der Waals surface area (Å²) in [5.74, 6) is -1.35. The Balaban J connectivity index is 1.59. The number of hydrogen-bond acceptors (Lipinski definition) is 5. The molecule has 5 aromatic rings. The van der Waals surface area contributed by atoms with Crippen LogP contribution >= 0.6 is 11.3 Å². The number of anilines is 1. The number of aromatic carboxylic acids is 1. The van der Waals surface area contributed by atoms with E-state index < -0.39 is 5.97 Å². The Kier molecular flexibility index (Phi) is 5.12. The number of carboxylic acid groups (broad SMARTS) is 1. The number of nitrogens with zero attached hydrogens (tertiary/aromatic N) is 3. The summed E-state index contributed by atoms with van der Waals surface area (Å²) >= 11 is 1.21. The number of benzene rings is 3. The fourth-order valence-corrected chi connectivity index (χ4v) is 4.24. The van der Waals surface area contributed by atoms with E-state index in [1.807, 2.05) is 48.5 Å². The quantitative estimate of drug-likeness (QED) is 0.356. The van der Waals surface area contributed by atoms with Crippen LogP contribution < -0.4 is 5.32 Å². The van der Waals surface area contributed by atoms with Gasteiger partial charge in [0, 0.05) is 34.1 Å². The summed E-state index contributed by atoms with van der Waals surface area (Å²) in [6.07, 6.45) is 0. The first-order valence-electron chi connectivity index (χ1n) is 9.85. The van der Waals surface area contributed by atoms with E-state index in [4.69, 9.17) is 5.10 Å². The zero-order valence-corrected chi connectivity index (χ0v) is 17.5. The summed E-state index contributed by atoms with van der Waals surface area (Å²) in [6, 6.07) is 22.2. The Bertz CT molecular complexity index is 1430. The van der Waals surface area contributed by atoms with Crippen molar-refractivity contribution in [3.63, 3.8) is 0 Å². The van der Waals surface area contributed by atoms with E-state index in [1.165, 1.54) is 22.8 Å². The van der Waals surface area contributed by atoms with Crippen molar-refractivity contribution in [3.05, 3.63) is 95.3 Å².